The number of hydrogen-bond donors (Lipinski definition) is 2. The summed E-state index contributed by atoms with van der Waals surface area (Å²) in [7, 11) is 0. The van der Waals surface area contributed by atoms with Crippen molar-refractivity contribution in [2.75, 3.05) is 29.5 Å². The Morgan fingerprint density at radius 2 is 1.91 bits per heavy atom. The summed E-state index contributed by atoms with van der Waals surface area (Å²) < 4.78 is 0. The lowest BCUT2D eigenvalue weighted by atomic mass is 10.0. The molecule has 0 saturated carbocycles. The molecule has 6 nitrogen and oxygen atoms in total. The molecule has 1 aliphatic heterocycles. The van der Waals surface area contributed by atoms with Gasteiger partial charge < -0.3 is 16.4 Å². The van der Waals surface area contributed by atoms with Crippen LogP contribution in [0.25, 0.3) is 11.3 Å². The molecule has 0 bridgehead atoms. The minimum atomic E-state index is 0.0766. The normalized spacial score (nSPS) is 14.1. The third kappa shape index (κ3) is 2.42. The molecule has 0 radical (unpaired) electrons. The maximum absolute atomic E-state index is 9.29. The van der Waals surface area contributed by atoms with Gasteiger partial charge in [-0.15, -0.1) is 0 Å². The number of nitrogen functional groups attached to an aromatic ring is 2. The van der Waals surface area contributed by atoms with Gasteiger partial charge in [-0.25, -0.2) is 4.98 Å². The lowest BCUT2D eigenvalue weighted by molar-refractivity contribution is 0.949. The number of benzene rings is 1. The molecule has 2 aromatic rings. The van der Waals surface area contributed by atoms with Gasteiger partial charge in [0.15, 0.2) is 0 Å². The second kappa shape index (κ2) is 5.53. The Bertz CT molecular complexity index is 756. The molecule has 112 valence electrons. The van der Waals surface area contributed by atoms with E-state index in [2.05, 4.69) is 33.9 Å². The fourth-order valence-corrected chi connectivity index (χ4v) is 2.93. The number of rotatable bonds is 2. The largest absolute Gasteiger partial charge is 0.382 e. The van der Waals surface area contributed by atoms with Crippen molar-refractivity contribution in [3.63, 3.8) is 0 Å². The van der Waals surface area contributed by atoms with Gasteiger partial charge in [-0.1, -0.05) is 6.07 Å². The number of aromatic nitrogens is 2. The van der Waals surface area contributed by atoms with Crippen molar-refractivity contribution < 1.29 is 0 Å². The summed E-state index contributed by atoms with van der Waals surface area (Å²) in [5.74, 6) is 0.194. The molecule has 1 aromatic carbocycles. The lowest BCUT2D eigenvalue weighted by Gasteiger charge is -2.20. The minimum absolute atomic E-state index is 0.0766. The molecule has 1 aliphatic rings. The second-order valence-corrected chi connectivity index (χ2v) is 5.50. The highest BCUT2D eigenvalue weighted by atomic mass is 15.1. The number of nitriles is 1. The van der Waals surface area contributed by atoms with Crippen molar-refractivity contribution in [1.82, 2.24) is 9.97 Å². The van der Waals surface area contributed by atoms with E-state index < -0.39 is 0 Å². The second-order valence-electron chi connectivity index (χ2n) is 5.50. The first kappa shape index (κ1) is 14.1. The lowest BCUT2D eigenvalue weighted by Crippen LogP contribution is -2.18. The van der Waals surface area contributed by atoms with E-state index in [4.69, 9.17) is 11.5 Å². The van der Waals surface area contributed by atoms with Gasteiger partial charge in [-0.2, -0.15) is 10.2 Å². The molecule has 0 unspecified atom stereocenters. The third-order valence-corrected chi connectivity index (χ3v) is 3.98. The molecule has 22 heavy (non-hydrogen) atoms. The Morgan fingerprint density at radius 1 is 1.18 bits per heavy atom. The zero-order valence-electron chi connectivity index (χ0n) is 12.5. The molecule has 0 spiro atoms. The molecule has 3 rings (SSSR count). The maximum Gasteiger partial charge on any atom is 0.222 e. The Morgan fingerprint density at radius 3 is 2.55 bits per heavy atom. The number of nitrogens with zero attached hydrogens (tertiary/aromatic N) is 4. The van der Waals surface area contributed by atoms with Crippen molar-refractivity contribution in [2.45, 2.75) is 19.8 Å². The van der Waals surface area contributed by atoms with Crippen molar-refractivity contribution in [3.05, 3.63) is 29.3 Å². The SMILES string of the molecule is Cc1cc(-c2nc(N)nc(N)c2C#N)ccc1N1CCCC1. The van der Waals surface area contributed by atoms with Crippen molar-refractivity contribution in [1.29, 1.82) is 5.26 Å². The molecular formula is C16H18N6. The first-order chi connectivity index (χ1) is 10.6. The molecule has 2 heterocycles. The van der Waals surface area contributed by atoms with Crippen molar-refractivity contribution >= 4 is 17.5 Å². The first-order valence-electron chi connectivity index (χ1n) is 7.29. The molecule has 4 N–H and O–H groups in total. The Kier molecular flexibility index (Phi) is 3.55. The predicted octanol–water partition coefficient (Wildman–Crippen LogP) is 2.09. The zero-order chi connectivity index (χ0) is 15.7. The zero-order valence-corrected chi connectivity index (χ0v) is 12.5. The standard InChI is InChI=1S/C16H18N6/c1-10-8-11(4-5-13(10)22-6-2-3-7-22)14-12(9-17)15(18)21-16(19)20-14/h4-5,8H,2-3,6-7H2,1H3,(H4,18,19,20,21). The summed E-state index contributed by atoms with van der Waals surface area (Å²) in [5.41, 5.74) is 15.4. The van der Waals surface area contributed by atoms with Gasteiger partial charge in [0.25, 0.3) is 0 Å². The Balaban J connectivity index is 2.07. The van der Waals surface area contributed by atoms with E-state index in [9.17, 15) is 5.26 Å². The van der Waals surface area contributed by atoms with E-state index in [0.29, 0.717) is 5.69 Å². The van der Waals surface area contributed by atoms with Crippen LogP contribution in [0.4, 0.5) is 17.5 Å². The fraction of sp³-hybridized carbons (Fsp3) is 0.312. The molecule has 1 saturated heterocycles. The molecule has 6 heteroatoms. The van der Waals surface area contributed by atoms with Gasteiger partial charge in [-0.05, 0) is 37.5 Å². The smallest absolute Gasteiger partial charge is 0.222 e. The number of aryl methyl sites for hydroxylation is 1. The summed E-state index contributed by atoms with van der Waals surface area (Å²) in [4.78, 5) is 10.4. The first-order valence-corrected chi connectivity index (χ1v) is 7.29. The Hall–Kier alpha value is -2.81. The van der Waals surface area contributed by atoms with E-state index in [1.807, 2.05) is 12.1 Å². The van der Waals surface area contributed by atoms with Crippen LogP contribution in [0.1, 0.15) is 24.0 Å². The Labute approximate surface area is 129 Å². The average Bonchev–Trinajstić information content (AvgIpc) is 3.00. The molecule has 1 fully saturated rings. The van der Waals surface area contributed by atoms with Gasteiger partial charge in [0.2, 0.25) is 5.95 Å². The van der Waals surface area contributed by atoms with Crippen LogP contribution in [0.3, 0.4) is 0 Å². The summed E-state index contributed by atoms with van der Waals surface area (Å²) in [6.07, 6.45) is 2.47. The number of hydrogen-bond acceptors (Lipinski definition) is 6. The van der Waals surface area contributed by atoms with Crippen LogP contribution in [0.2, 0.25) is 0 Å². The van der Waals surface area contributed by atoms with Crippen LogP contribution in [0.5, 0.6) is 0 Å². The van der Waals surface area contributed by atoms with E-state index >= 15 is 0 Å². The summed E-state index contributed by atoms with van der Waals surface area (Å²) in [6, 6.07) is 8.12. The molecule has 0 amide bonds. The van der Waals surface area contributed by atoms with Crippen molar-refractivity contribution in [2.24, 2.45) is 0 Å². The van der Waals surface area contributed by atoms with E-state index in [1.165, 1.54) is 18.5 Å². The highest BCUT2D eigenvalue weighted by molar-refractivity contribution is 5.75. The van der Waals surface area contributed by atoms with Crippen LogP contribution in [0, 0.1) is 18.3 Å². The topological polar surface area (TPSA) is 105 Å². The maximum atomic E-state index is 9.29. The molecule has 1 aromatic heterocycles. The van der Waals surface area contributed by atoms with Crippen molar-refractivity contribution in [3.8, 4) is 17.3 Å². The summed E-state index contributed by atoms with van der Waals surface area (Å²) in [6.45, 7) is 4.26. The van der Waals surface area contributed by atoms with E-state index in [-0.39, 0.29) is 17.3 Å². The van der Waals surface area contributed by atoms with Crippen LogP contribution in [-0.2, 0) is 0 Å². The van der Waals surface area contributed by atoms with Gasteiger partial charge in [0.05, 0.1) is 5.69 Å². The molecular weight excluding hydrogens is 276 g/mol. The van der Waals surface area contributed by atoms with Crippen LogP contribution < -0.4 is 16.4 Å². The highest BCUT2D eigenvalue weighted by Crippen LogP contribution is 2.31. The van der Waals surface area contributed by atoms with Gasteiger partial charge in [0, 0.05) is 24.3 Å². The van der Waals surface area contributed by atoms with E-state index in [0.717, 1.165) is 24.2 Å². The van der Waals surface area contributed by atoms with Crippen LogP contribution >= 0.6 is 0 Å². The van der Waals surface area contributed by atoms with Crippen LogP contribution in [-0.4, -0.2) is 23.1 Å². The number of anilines is 3. The highest BCUT2D eigenvalue weighted by Gasteiger charge is 2.17. The van der Waals surface area contributed by atoms with Crippen LogP contribution in [0.15, 0.2) is 18.2 Å². The summed E-state index contributed by atoms with van der Waals surface area (Å²) in [5, 5.41) is 9.29. The molecule has 0 aliphatic carbocycles. The monoisotopic (exact) mass is 294 g/mol. The number of nitrogens with two attached hydrogens (primary N) is 2. The minimum Gasteiger partial charge on any atom is -0.382 e. The van der Waals surface area contributed by atoms with E-state index in [1.54, 1.807) is 0 Å². The quantitative estimate of drug-likeness (QED) is 0.878. The van der Waals surface area contributed by atoms with Gasteiger partial charge in [-0.3, -0.25) is 0 Å². The molecule has 0 atom stereocenters. The van der Waals surface area contributed by atoms with Gasteiger partial charge in [0.1, 0.15) is 17.5 Å². The average molecular weight is 294 g/mol. The van der Waals surface area contributed by atoms with Gasteiger partial charge >= 0.3 is 0 Å². The summed E-state index contributed by atoms with van der Waals surface area (Å²) >= 11 is 0. The predicted molar refractivity (Wildman–Crippen MR) is 87.2 cm³/mol. The fourth-order valence-electron chi connectivity index (χ4n) is 2.93. The third-order valence-electron chi connectivity index (χ3n) is 3.98.